The number of fused-ring (bicyclic) bond motifs is 1. The van der Waals surface area contributed by atoms with Crippen molar-refractivity contribution < 1.29 is 4.79 Å². The third-order valence-electron chi connectivity index (χ3n) is 4.58. The smallest absolute Gasteiger partial charge is 0.274 e. The fourth-order valence-corrected chi connectivity index (χ4v) is 3.26. The predicted octanol–water partition coefficient (Wildman–Crippen LogP) is 2.45. The third kappa shape index (κ3) is 4.21. The van der Waals surface area contributed by atoms with Crippen LogP contribution in [0.3, 0.4) is 0 Å². The molecule has 0 spiro atoms. The average Bonchev–Trinajstić information content (AvgIpc) is 3.03. The van der Waals surface area contributed by atoms with Crippen molar-refractivity contribution in [3.63, 3.8) is 0 Å². The number of nitrogens with zero attached hydrogens (tertiary/aromatic N) is 4. The Hall–Kier alpha value is -2.22. The molecule has 3 heterocycles. The van der Waals surface area contributed by atoms with Crippen LogP contribution in [0, 0.1) is 6.92 Å². The number of hydrogen-bond donors (Lipinski definition) is 2. The van der Waals surface area contributed by atoms with Gasteiger partial charge >= 0.3 is 0 Å². The van der Waals surface area contributed by atoms with Crippen molar-refractivity contribution in [2.75, 3.05) is 13.1 Å². The summed E-state index contributed by atoms with van der Waals surface area (Å²) in [6.07, 6.45) is 3.80. The highest BCUT2D eigenvalue weighted by molar-refractivity contribution is 5.94. The highest BCUT2D eigenvalue weighted by atomic mass is 35.5. The first-order valence-corrected chi connectivity index (χ1v) is 8.52. The largest absolute Gasteiger partial charge is 0.347 e. The van der Waals surface area contributed by atoms with Crippen LogP contribution in [-0.4, -0.2) is 45.0 Å². The van der Waals surface area contributed by atoms with Gasteiger partial charge < -0.3 is 10.6 Å². The summed E-state index contributed by atoms with van der Waals surface area (Å²) in [4.78, 5) is 17.0. The van der Waals surface area contributed by atoms with E-state index in [0.29, 0.717) is 11.4 Å². The zero-order chi connectivity index (χ0) is 17.2. The highest BCUT2D eigenvalue weighted by Crippen LogP contribution is 2.21. The molecule has 2 N–H and O–H groups in total. The molecular weight excluding hydrogens is 387 g/mol. The van der Waals surface area contributed by atoms with Gasteiger partial charge in [0.1, 0.15) is 0 Å². The molecule has 1 saturated heterocycles. The molecule has 7 nitrogen and oxygen atoms in total. The molecule has 1 fully saturated rings. The molecule has 1 amide bonds. The van der Waals surface area contributed by atoms with Gasteiger partial charge in [0.2, 0.25) is 0 Å². The minimum absolute atomic E-state index is 0. The molecule has 0 saturated carbocycles. The lowest BCUT2D eigenvalue weighted by Gasteiger charge is -2.23. The molecule has 3 aromatic rings. The first-order chi connectivity index (χ1) is 12.2. The summed E-state index contributed by atoms with van der Waals surface area (Å²) in [5.41, 5.74) is 2.72. The van der Waals surface area contributed by atoms with Crippen molar-refractivity contribution in [2.45, 2.75) is 25.8 Å². The number of nitrogens with one attached hydrogen (secondary N) is 2. The average molecular weight is 409 g/mol. The number of aromatic nitrogens is 4. The number of carbonyl (C=O) groups is 1. The predicted molar refractivity (Wildman–Crippen MR) is 109 cm³/mol. The second kappa shape index (κ2) is 9.12. The van der Waals surface area contributed by atoms with Crippen molar-refractivity contribution in [1.29, 1.82) is 0 Å². The van der Waals surface area contributed by atoms with Gasteiger partial charge in [0.15, 0.2) is 5.69 Å². The van der Waals surface area contributed by atoms with Gasteiger partial charge in [-0.1, -0.05) is 23.4 Å². The van der Waals surface area contributed by atoms with Gasteiger partial charge in [-0.3, -0.25) is 9.78 Å². The van der Waals surface area contributed by atoms with Gasteiger partial charge in [-0.15, -0.1) is 29.9 Å². The van der Waals surface area contributed by atoms with Crippen molar-refractivity contribution >= 4 is 41.6 Å². The van der Waals surface area contributed by atoms with Crippen molar-refractivity contribution in [3.05, 3.63) is 47.9 Å². The Morgan fingerprint density at radius 1 is 1.26 bits per heavy atom. The Morgan fingerprint density at radius 2 is 2.07 bits per heavy atom. The number of hydrogen-bond acceptors (Lipinski definition) is 5. The lowest BCUT2D eigenvalue weighted by Crippen LogP contribution is -2.45. The number of benzene rings is 1. The van der Waals surface area contributed by atoms with E-state index in [9.17, 15) is 4.79 Å². The molecule has 1 atom stereocenters. The first-order valence-electron chi connectivity index (χ1n) is 8.52. The number of amides is 1. The Labute approximate surface area is 169 Å². The molecule has 0 radical (unpaired) electrons. The van der Waals surface area contributed by atoms with Crippen LogP contribution in [0.25, 0.3) is 16.6 Å². The van der Waals surface area contributed by atoms with Crippen LogP contribution in [0.2, 0.25) is 0 Å². The summed E-state index contributed by atoms with van der Waals surface area (Å²) in [6.45, 7) is 3.66. The molecule has 9 heteroatoms. The Kier molecular flexibility index (Phi) is 7.12. The Morgan fingerprint density at radius 3 is 2.85 bits per heavy atom. The summed E-state index contributed by atoms with van der Waals surface area (Å²) in [6, 6.07) is 9.93. The van der Waals surface area contributed by atoms with Gasteiger partial charge in [-0.25, -0.2) is 4.68 Å². The van der Waals surface area contributed by atoms with Crippen LogP contribution < -0.4 is 10.6 Å². The quantitative estimate of drug-likeness (QED) is 0.694. The second-order valence-electron chi connectivity index (χ2n) is 6.30. The lowest BCUT2D eigenvalue weighted by atomic mass is 10.1. The molecule has 4 rings (SSSR count). The fourth-order valence-electron chi connectivity index (χ4n) is 3.26. The van der Waals surface area contributed by atoms with E-state index in [2.05, 4.69) is 25.9 Å². The SMILES string of the molecule is Cc1c(C(=O)N[C@H]2CCCNC2)nnn1-c1cccc2cccnc12.Cl.Cl. The van der Waals surface area contributed by atoms with Crippen LogP contribution in [0.4, 0.5) is 0 Å². The minimum Gasteiger partial charge on any atom is -0.347 e. The van der Waals surface area contributed by atoms with Gasteiger partial charge in [-0.05, 0) is 38.4 Å². The molecule has 1 aliphatic rings. The molecule has 0 unspecified atom stereocenters. The molecule has 2 aromatic heterocycles. The number of piperidine rings is 1. The van der Waals surface area contributed by atoms with Crippen molar-refractivity contribution in [1.82, 2.24) is 30.6 Å². The van der Waals surface area contributed by atoms with Crippen molar-refractivity contribution in [2.24, 2.45) is 0 Å². The summed E-state index contributed by atoms with van der Waals surface area (Å²) in [5.74, 6) is -0.175. The second-order valence-corrected chi connectivity index (χ2v) is 6.30. The summed E-state index contributed by atoms with van der Waals surface area (Å²) < 4.78 is 1.68. The van der Waals surface area contributed by atoms with Crippen LogP contribution in [0.1, 0.15) is 29.0 Å². The van der Waals surface area contributed by atoms with E-state index in [0.717, 1.165) is 42.5 Å². The van der Waals surface area contributed by atoms with Gasteiger partial charge in [0, 0.05) is 24.2 Å². The standard InChI is InChI=1S/C18H20N6O.2ClH/c1-12-16(18(25)21-14-7-4-9-19-11-14)22-23-24(12)15-8-2-5-13-6-3-10-20-17(13)15;;/h2-3,5-6,8,10,14,19H,4,7,9,11H2,1H3,(H,21,25);2*1H/t14-;;/m0../s1. The van der Waals surface area contributed by atoms with Crippen LogP contribution in [0.5, 0.6) is 0 Å². The van der Waals surface area contributed by atoms with Gasteiger partial charge in [0.05, 0.1) is 16.9 Å². The zero-order valence-corrected chi connectivity index (χ0v) is 16.5. The van der Waals surface area contributed by atoms with E-state index >= 15 is 0 Å². The number of para-hydroxylation sites is 1. The van der Waals surface area contributed by atoms with Gasteiger partial charge in [0.25, 0.3) is 5.91 Å². The molecule has 1 aliphatic heterocycles. The summed E-state index contributed by atoms with van der Waals surface area (Å²) in [7, 11) is 0. The van der Waals surface area contributed by atoms with E-state index < -0.39 is 0 Å². The fraction of sp³-hybridized carbons (Fsp3) is 0.333. The van der Waals surface area contributed by atoms with Gasteiger partial charge in [-0.2, -0.15) is 0 Å². The molecule has 27 heavy (non-hydrogen) atoms. The summed E-state index contributed by atoms with van der Waals surface area (Å²) >= 11 is 0. The van der Waals surface area contributed by atoms with E-state index in [1.807, 2.05) is 37.3 Å². The lowest BCUT2D eigenvalue weighted by molar-refractivity contribution is 0.0925. The topological polar surface area (TPSA) is 84.7 Å². The molecular formula is C18H22Cl2N6O. The molecule has 0 aliphatic carbocycles. The molecule has 1 aromatic carbocycles. The number of carbonyl (C=O) groups excluding carboxylic acids is 1. The zero-order valence-electron chi connectivity index (χ0n) is 14.9. The van der Waals surface area contributed by atoms with E-state index in [-0.39, 0.29) is 36.8 Å². The monoisotopic (exact) mass is 408 g/mol. The third-order valence-corrected chi connectivity index (χ3v) is 4.58. The van der Waals surface area contributed by atoms with E-state index in [4.69, 9.17) is 0 Å². The van der Waals surface area contributed by atoms with Crippen LogP contribution in [-0.2, 0) is 0 Å². The number of halogens is 2. The minimum atomic E-state index is -0.175. The van der Waals surface area contributed by atoms with Crippen molar-refractivity contribution in [3.8, 4) is 5.69 Å². The van der Waals surface area contributed by atoms with Crippen LogP contribution in [0.15, 0.2) is 36.5 Å². The van der Waals surface area contributed by atoms with Crippen LogP contribution >= 0.6 is 24.8 Å². The van der Waals surface area contributed by atoms with E-state index in [1.165, 1.54) is 0 Å². The van der Waals surface area contributed by atoms with E-state index in [1.54, 1.807) is 10.9 Å². The Balaban J connectivity index is 0.00000131. The first kappa shape index (κ1) is 21.1. The molecule has 0 bridgehead atoms. The molecule has 144 valence electrons. The summed E-state index contributed by atoms with van der Waals surface area (Å²) in [5, 5.41) is 15.7. The number of rotatable bonds is 3. The maximum Gasteiger partial charge on any atom is 0.274 e. The highest BCUT2D eigenvalue weighted by Gasteiger charge is 2.22. The normalized spacial score (nSPS) is 16.3. The maximum atomic E-state index is 12.6. The Bertz CT molecular complexity index is 918. The maximum absolute atomic E-state index is 12.6. The number of pyridine rings is 1.